The van der Waals surface area contributed by atoms with Crippen molar-refractivity contribution in [1.29, 1.82) is 0 Å². The van der Waals surface area contributed by atoms with Crippen LogP contribution in [0.25, 0.3) is 0 Å². The third-order valence-corrected chi connectivity index (χ3v) is 4.69. The van der Waals surface area contributed by atoms with Gasteiger partial charge in [0.05, 0.1) is 12.2 Å². The maximum Gasteiger partial charge on any atom is 0.265 e. The molecular formula is C18H25N3O4. The average Bonchev–Trinajstić information content (AvgIpc) is 2.87. The topological polar surface area (TPSA) is 62.3 Å². The van der Waals surface area contributed by atoms with Crippen LogP contribution in [0.5, 0.6) is 5.75 Å². The van der Waals surface area contributed by atoms with E-state index >= 15 is 0 Å². The van der Waals surface area contributed by atoms with Gasteiger partial charge in [0, 0.05) is 40.3 Å². The number of hydrogen-bond acceptors (Lipinski definition) is 5. The number of hydrogen-bond donors (Lipinski definition) is 0. The van der Waals surface area contributed by atoms with Crippen molar-refractivity contribution in [1.82, 2.24) is 9.80 Å². The molecule has 2 amide bonds. The van der Waals surface area contributed by atoms with Gasteiger partial charge in [0.1, 0.15) is 12.4 Å². The number of amides is 2. The van der Waals surface area contributed by atoms with Crippen LogP contribution in [0.1, 0.15) is 6.42 Å². The van der Waals surface area contributed by atoms with Gasteiger partial charge in [-0.15, -0.1) is 0 Å². The van der Waals surface area contributed by atoms with Gasteiger partial charge in [-0.1, -0.05) is 12.1 Å². The molecule has 3 rings (SSSR count). The molecular weight excluding hydrogens is 322 g/mol. The van der Waals surface area contributed by atoms with Crippen LogP contribution >= 0.6 is 0 Å². The van der Waals surface area contributed by atoms with Crippen LogP contribution in [0, 0.1) is 0 Å². The zero-order valence-corrected chi connectivity index (χ0v) is 14.8. The number of ether oxygens (including phenoxy) is 2. The van der Waals surface area contributed by atoms with Gasteiger partial charge in [-0.05, 0) is 18.6 Å². The van der Waals surface area contributed by atoms with Crippen LogP contribution in [0.4, 0.5) is 5.69 Å². The van der Waals surface area contributed by atoms with Crippen LogP contribution in [-0.4, -0.2) is 81.2 Å². The third-order valence-electron chi connectivity index (χ3n) is 4.69. The molecule has 2 aliphatic rings. The smallest absolute Gasteiger partial charge is 0.265 e. The second-order valence-electron chi connectivity index (χ2n) is 6.45. The summed E-state index contributed by atoms with van der Waals surface area (Å²) in [5.41, 5.74) is 0.999. The Kier molecular flexibility index (Phi) is 5.43. The minimum Gasteiger partial charge on any atom is -0.477 e. The summed E-state index contributed by atoms with van der Waals surface area (Å²) in [7, 11) is 3.48. The monoisotopic (exact) mass is 347 g/mol. The molecule has 0 radical (unpaired) electrons. The van der Waals surface area contributed by atoms with Crippen molar-refractivity contribution in [2.75, 3.05) is 58.4 Å². The SMILES string of the molecule is COCC(=O)N1CCCN(C(=O)C2CN(C)c3ccccc3O2)CC1. The third kappa shape index (κ3) is 3.87. The highest BCUT2D eigenvalue weighted by molar-refractivity contribution is 5.83. The summed E-state index contributed by atoms with van der Waals surface area (Å²) in [5, 5.41) is 0. The number of rotatable bonds is 3. The Balaban J connectivity index is 1.63. The lowest BCUT2D eigenvalue weighted by Gasteiger charge is -2.35. The Labute approximate surface area is 148 Å². The lowest BCUT2D eigenvalue weighted by molar-refractivity contribution is -0.139. The Morgan fingerprint density at radius 2 is 1.88 bits per heavy atom. The molecule has 0 N–H and O–H groups in total. The number of benzene rings is 1. The summed E-state index contributed by atoms with van der Waals surface area (Å²) < 4.78 is 10.9. The van der Waals surface area contributed by atoms with Crippen molar-refractivity contribution >= 4 is 17.5 Å². The summed E-state index contributed by atoms with van der Waals surface area (Å²) in [6.07, 6.45) is 0.251. The highest BCUT2D eigenvalue weighted by atomic mass is 16.5. The molecule has 136 valence electrons. The molecule has 25 heavy (non-hydrogen) atoms. The number of likely N-dealkylation sites (N-methyl/N-ethyl adjacent to an activating group) is 1. The van der Waals surface area contributed by atoms with E-state index in [1.807, 2.05) is 41.1 Å². The number of methoxy groups -OCH3 is 1. The highest BCUT2D eigenvalue weighted by Crippen LogP contribution is 2.32. The summed E-state index contributed by atoms with van der Waals surface area (Å²) in [6.45, 7) is 2.97. The predicted molar refractivity (Wildman–Crippen MR) is 93.8 cm³/mol. The molecule has 0 bridgehead atoms. The number of fused-ring (bicyclic) bond motifs is 1. The lowest BCUT2D eigenvalue weighted by Crippen LogP contribution is -2.50. The van der Waals surface area contributed by atoms with Crippen LogP contribution in [0.3, 0.4) is 0 Å². The second kappa shape index (κ2) is 7.74. The van der Waals surface area contributed by atoms with Crippen molar-refractivity contribution in [3.05, 3.63) is 24.3 Å². The van der Waals surface area contributed by atoms with Gasteiger partial charge in [-0.2, -0.15) is 0 Å². The summed E-state index contributed by atoms with van der Waals surface area (Å²) >= 11 is 0. The standard InChI is InChI=1S/C18H25N3O4/c1-19-12-16(25-15-7-4-3-6-14(15)19)18(23)21-9-5-8-20(10-11-21)17(22)13-24-2/h3-4,6-7,16H,5,8-13H2,1-2H3. The highest BCUT2D eigenvalue weighted by Gasteiger charge is 2.33. The van der Waals surface area contributed by atoms with Crippen molar-refractivity contribution in [2.45, 2.75) is 12.5 Å². The average molecular weight is 347 g/mol. The van der Waals surface area contributed by atoms with Crippen LogP contribution in [0.2, 0.25) is 0 Å². The van der Waals surface area contributed by atoms with E-state index in [0.717, 1.165) is 17.9 Å². The van der Waals surface area contributed by atoms with E-state index < -0.39 is 6.10 Å². The molecule has 1 atom stereocenters. The minimum atomic E-state index is -0.513. The summed E-state index contributed by atoms with van der Waals surface area (Å²) in [6, 6.07) is 7.74. The molecule has 0 aromatic heterocycles. The van der Waals surface area contributed by atoms with E-state index in [1.165, 1.54) is 7.11 Å². The first-order valence-electron chi connectivity index (χ1n) is 8.62. The van der Waals surface area contributed by atoms with Gasteiger partial charge in [-0.3, -0.25) is 9.59 Å². The molecule has 0 aliphatic carbocycles. The fourth-order valence-corrected chi connectivity index (χ4v) is 3.34. The first-order chi connectivity index (χ1) is 12.1. The summed E-state index contributed by atoms with van der Waals surface area (Å²) in [4.78, 5) is 30.5. The van der Waals surface area contributed by atoms with E-state index in [1.54, 1.807) is 4.90 Å². The van der Waals surface area contributed by atoms with Gasteiger partial charge in [0.15, 0.2) is 6.10 Å². The van der Waals surface area contributed by atoms with Gasteiger partial charge >= 0.3 is 0 Å². The van der Waals surface area contributed by atoms with Crippen molar-refractivity contribution in [3.63, 3.8) is 0 Å². The van der Waals surface area contributed by atoms with E-state index in [2.05, 4.69) is 0 Å². The first-order valence-corrected chi connectivity index (χ1v) is 8.62. The Morgan fingerprint density at radius 3 is 2.68 bits per heavy atom. The number of nitrogens with zero attached hydrogens (tertiary/aromatic N) is 3. The van der Waals surface area contributed by atoms with Crippen LogP contribution in [-0.2, 0) is 14.3 Å². The summed E-state index contributed by atoms with van der Waals surface area (Å²) in [5.74, 6) is 0.697. The first kappa shape index (κ1) is 17.5. The zero-order chi connectivity index (χ0) is 17.8. The molecule has 0 spiro atoms. The van der Waals surface area contributed by atoms with Crippen molar-refractivity contribution < 1.29 is 19.1 Å². The molecule has 2 heterocycles. The van der Waals surface area contributed by atoms with Gasteiger partial charge < -0.3 is 24.2 Å². The molecule has 2 aliphatic heterocycles. The maximum absolute atomic E-state index is 12.9. The van der Waals surface area contributed by atoms with E-state index in [4.69, 9.17) is 9.47 Å². The predicted octanol–water partition coefficient (Wildman–Crippen LogP) is 0.591. The molecule has 1 unspecified atom stereocenters. The molecule has 0 saturated carbocycles. The number of carbonyl (C=O) groups excluding carboxylic acids is 2. The Morgan fingerprint density at radius 1 is 1.16 bits per heavy atom. The minimum absolute atomic E-state index is 0.0117. The maximum atomic E-state index is 12.9. The molecule has 7 heteroatoms. The second-order valence-corrected chi connectivity index (χ2v) is 6.45. The van der Waals surface area contributed by atoms with E-state index in [0.29, 0.717) is 32.7 Å². The van der Waals surface area contributed by atoms with Crippen molar-refractivity contribution in [2.24, 2.45) is 0 Å². The van der Waals surface area contributed by atoms with Gasteiger partial charge in [0.25, 0.3) is 5.91 Å². The van der Waals surface area contributed by atoms with Crippen LogP contribution < -0.4 is 9.64 Å². The van der Waals surface area contributed by atoms with Gasteiger partial charge in [0.2, 0.25) is 5.91 Å². The number of anilines is 1. The molecule has 1 aromatic carbocycles. The Bertz CT molecular complexity index is 637. The van der Waals surface area contributed by atoms with Gasteiger partial charge in [-0.25, -0.2) is 0 Å². The molecule has 1 fully saturated rings. The molecule has 7 nitrogen and oxygen atoms in total. The lowest BCUT2D eigenvalue weighted by atomic mass is 10.2. The molecule has 1 saturated heterocycles. The van der Waals surface area contributed by atoms with Crippen molar-refractivity contribution in [3.8, 4) is 5.75 Å². The zero-order valence-electron chi connectivity index (χ0n) is 14.8. The molecule has 1 aromatic rings. The number of carbonyl (C=O) groups is 2. The fourth-order valence-electron chi connectivity index (χ4n) is 3.34. The van der Waals surface area contributed by atoms with Crippen LogP contribution in [0.15, 0.2) is 24.3 Å². The number of para-hydroxylation sites is 2. The Hall–Kier alpha value is -2.28. The normalized spacial score (nSPS) is 20.6. The van der Waals surface area contributed by atoms with E-state index in [-0.39, 0.29) is 18.4 Å². The van der Waals surface area contributed by atoms with E-state index in [9.17, 15) is 9.59 Å². The fraction of sp³-hybridized carbons (Fsp3) is 0.556. The largest absolute Gasteiger partial charge is 0.477 e. The quantitative estimate of drug-likeness (QED) is 0.801.